The Bertz CT molecular complexity index is 955. The Morgan fingerprint density at radius 2 is 1.90 bits per heavy atom. The molecule has 1 atom stereocenters. The molecular formula is C22H25N5O2. The smallest absolute Gasteiger partial charge is 0.191 e. The summed E-state index contributed by atoms with van der Waals surface area (Å²) in [6.45, 7) is 2.45. The molecule has 0 bridgehead atoms. The second-order valence-electron chi connectivity index (χ2n) is 6.76. The van der Waals surface area contributed by atoms with E-state index in [4.69, 9.17) is 9.47 Å². The van der Waals surface area contributed by atoms with E-state index >= 15 is 0 Å². The molecule has 0 fully saturated rings. The summed E-state index contributed by atoms with van der Waals surface area (Å²) < 4.78 is 13.9. The molecule has 1 aliphatic rings. The van der Waals surface area contributed by atoms with Gasteiger partial charge in [0.25, 0.3) is 0 Å². The van der Waals surface area contributed by atoms with Crippen molar-refractivity contribution in [2.24, 2.45) is 4.99 Å². The number of ether oxygens (including phenoxy) is 2. The predicted molar refractivity (Wildman–Crippen MR) is 112 cm³/mol. The fourth-order valence-corrected chi connectivity index (χ4v) is 3.19. The van der Waals surface area contributed by atoms with Crippen molar-refractivity contribution in [2.75, 3.05) is 20.2 Å². The van der Waals surface area contributed by atoms with E-state index in [1.807, 2.05) is 54.9 Å². The summed E-state index contributed by atoms with van der Waals surface area (Å²) in [4.78, 5) is 8.76. The highest BCUT2D eigenvalue weighted by molar-refractivity contribution is 5.79. The van der Waals surface area contributed by atoms with Crippen LogP contribution in [-0.2, 0) is 13.1 Å². The first kappa shape index (κ1) is 18.9. The minimum absolute atomic E-state index is 0.0801. The average molecular weight is 391 g/mol. The Hall–Kier alpha value is -3.48. The summed E-state index contributed by atoms with van der Waals surface area (Å²) in [5.74, 6) is 3.21. The van der Waals surface area contributed by atoms with Crippen LogP contribution in [0.15, 0.2) is 72.0 Å². The summed E-state index contributed by atoms with van der Waals surface area (Å²) in [5.41, 5.74) is 1.24. The standard InChI is InChI=1S/C22H25N5O2/c1-23-22(25-13-18-16-28-19-9-5-6-10-20(19)29-18)26-14-21-24-11-12-27(21)15-17-7-3-2-4-8-17/h2-12,18H,13-16H2,1H3,(H2,23,25,26). The zero-order chi connectivity index (χ0) is 19.9. The molecule has 1 aliphatic heterocycles. The summed E-state index contributed by atoms with van der Waals surface area (Å²) in [6.07, 6.45) is 3.73. The van der Waals surface area contributed by atoms with Crippen LogP contribution in [0.4, 0.5) is 0 Å². The molecule has 2 heterocycles. The highest BCUT2D eigenvalue weighted by Crippen LogP contribution is 2.30. The molecule has 4 rings (SSSR count). The van der Waals surface area contributed by atoms with E-state index in [9.17, 15) is 0 Å². The first-order valence-electron chi connectivity index (χ1n) is 9.69. The zero-order valence-corrected chi connectivity index (χ0v) is 16.4. The van der Waals surface area contributed by atoms with Crippen LogP contribution >= 0.6 is 0 Å². The number of nitrogens with zero attached hydrogens (tertiary/aromatic N) is 3. The molecule has 0 saturated heterocycles. The third-order valence-corrected chi connectivity index (χ3v) is 4.70. The van der Waals surface area contributed by atoms with E-state index in [0.29, 0.717) is 25.7 Å². The van der Waals surface area contributed by atoms with Gasteiger partial charge < -0.3 is 24.7 Å². The van der Waals surface area contributed by atoms with Crippen LogP contribution in [0.5, 0.6) is 11.5 Å². The summed E-state index contributed by atoms with van der Waals surface area (Å²) in [6, 6.07) is 18.1. The maximum Gasteiger partial charge on any atom is 0.191 e. The van der Waals surface area contributed by atoms with Gasteiger partial charge in [0.1, 0.15) is 18.5 Å². The van der Waals surface area contributed by atoms with Gasteiger partial charge in [0.05, 0.1) is 13.1 Å². The van der Waals surface area contributed by atoms with Gasteiger partial charge in [-0.3, -0.25) is 4.99 Å². The van der Waals surface area contributed by atoms with Crippen molar-refractivity contribution in [1.82, 2.24) is 20.2 Å². The molecule has 0 radical (unpaired) electrons. The molecular weight excluding hydrogens is 366 g/mol. The van der Waals surface area contributed by atoms with Crippen molar-refractivity contribution < 1.29 is 9.47 Å². The molecule has 0 spiro atoms. The molecule has 2 aromatic carbocycles. The van der Waals surface area contributed by atoms with E-state index in [-0.39, 0.29) is 6.10 Å². The minimum Gasteiger partial charge on any atom is -0.486 e. The molecule has 3 aromatic rings. The fraction of sp³-hybridized carbons (Fsp3) is 0.273. The van der Waals surface area contributed by atoms with Crippen LogP contribution in [0.2, 0.25) is 0 Å². The van der Waals surface area contributed by atoms with Gasteiger partial charge in [0.15, 0.2) is 17.5 Å². The molecule has 0 aliphatic carbocycles. The van der Waals surface area contributed by atoms with Gasteiger partial charge >= 0.3 is 0 Å². The van der Waals surface area contributed by atoms with Gasteiger partial charge in [-0.15, -0.1) is 0 Å². The second kappa shape index (κ2) is 9.14. The molecule has 1 unspecified atom stereocenters. The highest BCUT2D eigenvalue weighted by Gasteiger charge is 2.20. The lowest BCUT2D eigenvalue weighted by Gasteiger charge is -2.27. The van der Waals surface area contributed by atoms with Crippen molar-refractivity contribution >= 4 is 5.96 Å². The quantitative estimate of drug-likeness (QED) is 0.499. The Balaban J connectivity index is 1.28. The van der Waals surface area contributed by atoms with Crippen LogP contribution in [0.25, 0.3) is 0 Å². The van der Waals surface area contributed by atoms with Crippen LogP contribution in [-0.4, -0.2) is 41.8 Å². The van der Waals surface area contributed by atoms with Crippen molar-refractivity contribution in [3.63, 3.8) is 0 Å². The van der Waals surface area contributed by atoms with Crippen LogP contribution in [0.3, 0.4) is 0 Å². The first-order valence-corrected chi connectivity index (χ1v) is 9.69. The van der Waals surface area contributed by atoms with Crippen molar-refractivity contribution in [3.8, 4) is 11.5 Å². The Kier molecular flexibility index (Phi) is 5.95. The zero-order valence-electron chi connectivity index (χ0n) is 16.4. The number of guanidine groups is 1. The largest absolute Gasteiger partial charge is 0.486 e. The van der Waals surface area contributed by atoms with E-state index < -0.39 is 0 Å². The lowest BCUT2D eigenvalue weighted by atomic mass is 10.2. The topological polar surface area (TPSA) is 72.7 Å². The highest BCUT2D eigenvalue weighted by atomic mass is 16.6. The molecule has 1 aromatic heterocycles. The number of benzene rings is 2. The molecule has 2 N–H and O–H groups in total. The van der Waals surface area contributed by atoms with Crippen LogP contribution in [0, 0.1) is 0 Å². The number of aromatic nitrogens is 2. The van der Waals surface area contributed by atoms with Gasteiger partial charge in [-0.05, 0) is 17.7 Å². The molecule has 7 nitrogen and oxygen atoms in total. The van der Waals surface area contributed by atoms with Crippen molar-refractivity contribution in [3.05, 3.63) is 78.4 Å². The van der Waals surface area contributed by atoms with Crippen LogP contribution in [0.1, 0.15) is 11.4 Å². The maximum absolute atomic E-state index is 5.98. The maximum atomic E-state index is 5.98. The number of nitrogens with one attached hydrogen (secondary N) is 2. The third kappa shape index (κ3) is 4.87. The second-order valence-corrected chi connectivity index (χ2v) is 6.76. The number of imidazole rings is 1. The Morgan fingerprint density at radius 1 is 1.10 bits per heavy atom. The fourth-order valence-electron chi connectivity index (χ4n) is 3.19. The monoisotopic (exact) mass is 391 g/mol. The first-order chi connectivity index (χ1) is 14.3. The normalized spacial score (nSPS) is 15.8. The molecule has 29 heavy (non-hydrogen) atoms. The molecule has 150 valence electrons. The SMILES string of the molecule is CN=C(NCc1nccn1Cc1ccccc1)NCC1COc2ccccc2O1. The van der Waals surface area contributed by atoms with E-state index in [1.165, 1.54) is 5.56 Å². The lowest BCUT2D eigenvalue weighted by Crippen LogP contribution is -2.45. The Morgan fingerprint density at radius 3 is 2.72 bits per heavy atom. The summed E-state index contributed by atoms with van der Waals surface area (Å²) >= 11 is 0. The number of hydrogen-bond donors (Lipinski definition) is 2. The molecule has 0 amide bonds. The average Bonchev–Trinajstić information content (AvgIpc) is 3.21. The van der Waals surface area contributed by atoms with Gasteiger partial charge in [0, 0.05) is 26.0 Å². The van der Waals surface area contributed by atoms with Gasteiger partial charge in [-0.2, -0.15) is 0 Å². The predicted octanol–water partition coefficient (Wildman–Crippen LogP) is 2.44. The van der Waals surface area contributed by atoms with Crippen molar-refractivity contribution in [1.29, 1.82) is 0 Å². The lowest BCUT2D eigenvalue weighted by molar-refractivity contribution is 0.0936. The van der Waals surface area contributed by atoms with E-state index in [0.717, 1.165) is 23.9 Å². The number of para-hydroxylation sites is 2. The number of hydrogen-bond acceptors (Lipinski definition) is 4. The minimum atomic E-state index is -0.0801. The van der Waals surface area contributed by atoms with Gasteiger partial charge in [-0.1, -0.05) is 42.5 Å². The van der Waals surface area contributed by atoms with Gasteiger partial charge in [0.2, 0.25) is 0 Å². The van der Waals surface area contributed by atoms with Crippen LogP contribution < -0.4 is 20.1 Å². The van der Waals surface area contributed by atoms with Gasteiger partial charge in [-0.25, -0.2) is 4.98 Å². The number of fused-ring (bicyclic) bond motifs is 1. The number of rotatable bonds is 6. The number of aliphatic imine (C=N–C) groups is 1. The van der Waals surface area contributed by atoms with Crippen molar-refractivity contribution in [2.45, 2.75) is 19.2 Å². The van der Waals surface area contributed by atoms with E-state index in [1.54, 1.807) is 7.05 Å². The summed E-state index contributed by atoms with van der Waals surface area (Å²) in [7, 11) is 1.75. The third-order valence-electron chi connectivity index (χ3n) is 4.70. The molecule has 7 heteroatoms. The Labute approximate surface area is 170 Å². The van der Waals surface area contributed by atoms with E-state index in [2.05, 4.69) is 37.3 Å². The molecule has 0 saturated carbocycles. The summed E-state index contributed by atoms with van der Waals surface area (Å²) in [5, 5.41) is 6.61.